The van der Waals surface area contributed by atoms with Crippen molar-refractivity contribution in [1.82, 2.24) is 9.78 Å². The van der Waals surface area contributed by atoms with Crippen LogP contribution in [0.2, 0.25) is 0 Å². The van der Waals surface area contributed by atoms with Crippen LogP contribution >= 0.6 is 15.9 Å². The summed E-state index contributed by atoms with van der Waals surface area (Å²) in [7, 11) is 0. The second kappa shape index (κ2) is 9.13. The fourth-order valence-corrected chi connectivity index (χ4v) is 3.75. The summed E-state index contributed by atoms with van der Waals surface area (Å²) in [6, 6.07) is 27.8. The van der Waals surface area contributed by atoms with Gasteiger partial charge in [0.25, 0.3) is 5.91 Å². The molecule has 1 amide bonds. The predicted molar refractivity (Wildman–Crippen MR) is 134 cm³/mol. The van der Waals surface area contributed by atoms with Crippen molar-refractivity contribution in [3.05, 3.63) is 106 Å². The normalized spacial score (nSPS) is 11.4. The number of carbonyl (C=O) groups is 1. The van der Waals surface area contributed by atoms with Crippen molar-refractivity contribution in [2.75, 3.05) is 5.32 Å². The molecule has 0 saturated heterocycles. The van der Waals surface area contributed by atoms with Crippen LogP contribution in [0.15, 0.2) is 89.4 Å². The minimum absolute atomic E-state index is 0.0977. The Balaban J connectivity index is 1.65. The molecule has 1 heterocycles. The maximum atomic E-state index is 13.2. The SMILES string of the molecule is CC(C)(C)c1ccc(Cn2nc(-c3ccccc3)cc2C(=O)Nc2ccc(Br)cc2)cc1. The first-order chi connectivity index (χ1) is 15.3. The van der Waals surface area contributed by atoms with E-state index >= 15 is 0 Å². The summed E-state index contributed by atoms with van der Waals surface area (Å²) in [4.78, 5) is 13.2. The molecule has 0 bridgehead atoms. The Morgan fingerprint density at radius 3 is 2.22 bits per heavy atom. The maximum absolute atomic E-state index is 13.2. The summed E-state index contributed by atoms with van der Waals surface area (Å²) in [5, 5.41) is 7.76. The largest absolute Gasteiger partial charge is 0.321 e. The lowest BCUT2D eigenvalue weighted by molar-refractivity contribution is 0.101. The first kappa shape index (κ1) is 22.0. The van der Waals surface area contributed by atoms with E-state index in [1.807, 2.05) is 60.7 Å². The molecule has 0 unspecified atom stereocenters. The Bertz CT molecular complexity index is 1200. The summed E-state index contributed by atoms with van der Waals surface area (Å²) in [6.45, 7) is 7.12. The van der Waals surface area contributed by atoms with Crippen molar-refractivity contribution in [3.8, 4) is 11.3 Å². The van der Waals surface area contributed by atoms with E-state index in [2.05, 4.69) is 66.3 Å². The van der Waals surface area contributed by atoms with Crippen LogP contribution in [0, 0.1) is 0 Å². The number of rotatable bonds is 5. The highest BCUT2D eigenvalue weighted by atomic mass is 79.9. The molecule has 5 heteroatoms. The number of anilines is 1. The third-order valence-corrected chi connectivity index (χ3v) is 5.87. The molecule has 0 saturated carbocycles. The van der Waals surface area contributed by atoms with Gasteiger partial charge >= 0.3 is 0 Å². The highest BCUT2D eigenvalue weighted by molar-refractivity contribution is 9.10. The number of amides is 1. The number of benzene rings is 3. The Labute approximate surface area is 197 Å². The minimum atomic E-state index is -0.187. The Morgan fingerprint density at radius 2 is 1.59 bits per heavy atom. The molecule has 3 aromatic carbocycles. The van der Waals surface area contributed by atoms with E-state index in [1.165, 1.54) is 5.56 Å². The number of halogens is 1. The van der Waals surface area contributed by atoms with Gasteiger partial charge in [-0.2, -0.15) is 5.10 Å². The molecule has 32 heavy (non-hydrogen) atoms. The van der Waals surface area contributed by atoms with Gasteiger partial charge in [-0.25, -0.2) is 0 Å². The molecule has 1 N–H and O–H groups in total. The number of nitrogens with one attached hydrogen (secondary N) is 1. The van der Waals surface area contributed by atoms with Crippen molar-refractivity contribution in [1.29, 1.82) is 0 Å². The zero-order valence-electron chi connectivity index (χ0n) is 18.5. The van der Waals surface area contributed by atoms with Crippen molar-refractivity contribution in [2.24, 2.45) is 0 Å². The van der Waals surface area contributed by atoms with E-state index in [9.17, 15) is 4.79 Å². The molecule has 0 aliphatic rings. The second-order valence-electron chi connectivity index (χ2n) is 8.85. The van der Waals surface area contributed by atoms with Gasteiger partial charge in [-0.1, -0.05) is 91.3 Å². The van der Waals surface area contributed by atoms with Gasteiger partial charge in [-0.3, -0.25) is 9.48 Å². The van der Waals surface area contributed by atoms with Gasteiger partial charge in [0.2, 0.25) is 0 Å². The predicted octanol–water partition coefficient (Wildman–Crippen LogP) is 6.91. The average molecular weight is 488 g/mol. The Morgan fingerprint density at radius 1 is 0.938 bits per heavy atom. The molecule has 4 nitrogen and oxygen atoms in total. The second-order valence-corrected chi connectivity index (χ2v) is 9.76. The molecule has 0 aliphatic carbocycles. The van der Waals surface area contributed by atoms with E-state index < -0.39 is 0 Å². The Hall–Kier alpha value is -3.18. The first-order valence-corrected chi connectivity index (χ1v) is 11.4. The smallest absolute Gasteiger partial charge is 0.273 e. The van der Waals surface area contributed by atoms with Gasteiger partial charge in [0.1, 0.15) is 5.69 Å². The van der Waals surface area contributed by atoms with Gasteiger partial charge < -0.3 is 5.32 Å². The molecule has 0 radical (unpaired) electrons. The summed E-state index contributed by atoms with van der Waals surface area (Å²) in [6.07, 6.45) is 0. The zero-order chi connectivity index (χ0) is 22.7. The number of nitrogens with zero attached hydrogens (tertiary/aromatic N) is 2. The van der Waals surface area contributed by atoms with E-state index in [0.29, 0.717) is 12.2 Å². The number of carbonyl (C=O) groups excluding carboxylic acids is 1. The highest BCUT2D eigenvalue weighted by Crippen LogP contribution is 2.24. The molecule has 1 aromatic heterocycles. The van der Waals surface area contributed by atoms with Crippen molar-refractivity contribution >= 4 is 27.5 Å². The van der Waals surface area contributed by atoms with Gasteiger partial charge in [-0.15, -0.1) is 0 Å². The van der Waals surface area contributed by atoms with Crippen molar-refractivity contribution in [2.45, 2.75) is 32.7 Å². The molecule has 0 spiro atoms. The minimum Gasteiger partial charge on any atom is -0.321 e. The monoisotopic (exact) mass is 487 g/mol. The van der Waals surface area contributed by atoms with Crippen LogP contribution in [0.25, 0.3) is 11.3 Å². The van der Waals surface area contributed by atoms with Gasteiger partial charge in [0.05, 0.1) is 12.2 Å². The lowest BCUT2D eigenvalue weighted by Crippen LogP contribution is -2.18. The molecule has 0 aliphatic heterocycles. The molecular weight excluding hydrogens is 462 g/mol. The van der Waals surface area contributed by atoms with E-state index in [4.69, 9.17) is 5.10 Å². The summed E-state index contributed by atoms with van der Waals surface area (Å²) in [5.41, 5.74) is 5.48. The molecule has 4 aromatic rings. The number of hydrogen-bond donors (Lipinski definition) is 1. The topological polar surface area (TPSA) is 46.9 Å². The summed E-state index contributed by atoms with van der Waals surface area (Å²) >= 11 is 3.42. The van der Waals surface area contributed by atoms with E-state index in [1.54, 1.807) is 4.68 Å². The van der Waals surface area contributed by atoms with Crippen LogP contribution in [0.5, 0.6) is 0 Å². The van der Waals surface area contributed by atoms with E-state index in [0.717, 1.165) is 27.0 Å². The van der Waals surface area contributed by atoms with Crippen molar-refractivity contribution in [3.63, 3.8) is 0 Å². The molecular formula is C27H26BrN3O. The molecule has 0 fully saturated rings. The first-order valence-electron chi connectivity index (χ1n) is 10.6. The van der Waals surface area contributed by atoms with Crippen molar-refractivity contribution < 1.29 is 4.79 Å². The number of hydrogen-bond acceptors (Lipinski definition) is 2. The van der Waals surface area contributed by atoms with Crippen LogP contribution in [0.1, 0.15) is 42.4 Å². The van der Waals surface area contributed by atoms with Crippen LogP contribution in [-0.4, -0.2) is 15.7 Å². The van der Waals surface area contributed by atoms with Crippen LogP contribution in [0.3, 0.4) is 0 Å². The summed E-state index contributed by atoms with van der Waals surface area (Å²) in [5.74, 6) is -0.187. The fraction of sp³-hybridized carbons (Fsp3) is 0.185. The van der Waals surface area contributed by atoms with Gasteiger partial charge in [0.15, 0.2) is 0 Å². The third-order valence-electron chi connectivity index (χ3n) is 5.34. The molecule has 0 atom stereocenters. The number of aromatic nitrogens is 2. The standard InChI is InChI=1S/C27H26BrN3O/c1-27(2,3)21-11-9-19(10-12-21)18-31-25(17-24(30-31)20-7-5-4-6-8-20)26(32)29-23-15-13-22(28)14-16-23/h4-17H,18H2,1-3H3,(H,29,32). The van der Waals surface area contributed by atoms with Gasteiger partial charge in [-0.05, 0) is 46.9 Å². The highest BCUT2D eigenvalue weighted by Gasteiger charge is 2.18. The van der Waals surface area contributed by atoms with Gasteiger partial charge in [0, 0.05) is 15.7 Å². The Kier molecular flexibility index (Phi) is 6.28. The lowest BCUT2D eigenvalue weighted by Gasteiger charge is -2.19. The molecule has 162 valence electrons. The quantitative estimate of drug-likeness (QED) is 0.332. The van der Waals surface area contributed by atoms with E-state index in [-0.39, 0.29) is 11.3 Å². The fourth-order valence-electron chi connectivity index (χ4n) is 3.48. The van der Waals surface area contributed by atoms with Crippen LogP contribution in [0.4, 0.5) is 5.69 Å². The average Bonchev–Trinajstić information content (AvgIpc) is 3.20. The van der Waals surface area contributed by atoms with Crippen LogP contribution in [-0.2, 0) is 12.0 Å². The molecule has 4 rings (SSSR count). The third kappa shape index (κ3) is 5.17. The summed E-state index contributed by atoms with van der Waals surface area (Å²) < 4.78 is 2.74. The zero-order valence-corrected chi connectivity index (χ0v) is 20.1. The lowest BCUT2D eigenvalue weighted by atomic mass is 9.87. The van der Waals surface area contributed by atoms with Crippen LogP contribution < -0.4 is 5.32 Å². The maximum Gasteiger partial charge on any atom is 0.273 e.